The Bertz CT molecular complexity index is 102. The van der Waals surface area contributed by atoms with Crippen LogP contribution in [0.2, 0.25) is 0 Å². The predicted molar refractivity (Wildman–Crippen MR) is 30.8 cm³/mol. The summed E-state index contributed by atoms with van der Waals surface area (Å²) >= 11 is 0. The molecule has 8 heavy (non-hydrogen) atoms. The summed E-state index contributed by atoms with van der Waals surface area (Å²) in [4.78, 5) is 0. The Morgan fingerprint density at radius 3 is 1.50 bits per heavy atom. The second-order valence-electron chi connectivity index (χ2n) is 2.10. The minimum absolute atomic E-state index is 0.191. The van der Waals surface area contributed by atoms with E-state index in [-0.39, 0.29) is 11.5 Å². The fourth-order valence-electron chi connectivity index (χ4n) is 0.873. The molecule has 0 aromatic heterocycles. The Kier molecular flexibility index (Phi) is 1.42. The molecule has 0 bridgehead atoms. The highest BCUT2D eigenvalue weighted by atomic mass is 16.3. The first kappa shape index (κ1) is 5.48. The van der Waals surface area contributed by atoms with Crippen molar-refractivity contribution in [2.75, 3.05) is 0 Å². The van der Waals surface area contributed by atoms with Crippen molar-refractivity contribution in [3.8, 4) is 0 Å². The number of hydrogen-bond donors (Lipinski definition) is 2. The molecule has 0 aromatic carbocycles. The maximum absolute atomic E-state index is 8.81. The zero-order chi connectivity index (χ0) is 5.98. The van der Waals surface area contributed by atoms with Crippen molar-refractivity contribution in [2.45, 2.75) is 25.7 Å². The van der Waals surface area contributed by atoms with Gasteiger partial charge in [0.25, 0.3) is 0 Å². The SMILES string of the molecule is OC1=C(O)CCCC1. The summed E-state index contributed by atoms with van der Waals surface area (Å²) in [5, 5.41) is 17.6. The molecule has 0 amide bonds. The van der Waals surface area contributed by atoms with E-state index in [1.54, 1.807) is 0 Å². The first-order valence-electron chi connectivity index (χ1n) is 2.90. The van der Waals surface area contributed by atoms with E-state index in [1.165, 1.54) is 0 Å². The fourth-order valence-corrected chi connectivity index (χ4v) is 0.873. The van der Waals surface area contributed by atoms with Gasteiger partial charge in [-0.2, -0.15) is 0 Å². The molecular formula is C6H10O2. The van der Waals surface area contributed by atoms with E-state index in [0.29, 0.717) is 12.8 Å². The Labute approximate surface area is 48.5 Å². The molecule has 46 valence electrons. The van der Waals surface area contributed by atoms with E-state index < -0.39 is 0 Å². The number of allylic oxidation sites excluding steroid dienone is 2. The molecule has 1 rings (SSSR count). The monoisotopic (exact) mass is 114 g/mol. The van der Waals surface area contributed by atoms with Gasteiger partial charge in [-0.05, 0) is 12.8 Å². The van der Waals surface area contributed by atoms with Crippen LogP contribution >= 0.6 is 0 Å². The third-order valence-electron chi connectivity index (χ3n) is 1.41. The van der Waals surface area contributed by atoms with Gasteiger partial charge in [0.2, 0.25) is 0 Å². The highest BCUT2D eigenvalue weighted by molar-refractivity contribution is 5.01. The van der Waals surface area contributed by atoms with E-state index in [0.717, 1.165) is 12.8 Å². The maximum Gasteiger partial charge on any atom is 0.129 e. The quantitative estimate of drug-likeness (QED) is 0.504. The molecule has 0 aliphatic heterocycles. The Morgan fingerprint density at radius 1 is 0.875 bits per heavy atom. The largest absolute Gasteiger partial charge is 0.509 e. The van der Waals surface area contributed by atoms with Gasteiger partial charge >= 0.3 is 0 Å². The van der Waals surface area contributed by atoms with Crippen LogP contribution in [0.25, 0.3) is 0 Å². The zero-order valence-electron chi connectivity index (χ0n) is 4.72. The zero-order valence-corrected chi connectivity index (χ0v) is 4.72. The molecule has 0 atom stereocenters. The number of hydrogen-bond acceptors (Lipinski definition) is 2. The summed E-state index contributed by atoms with van der Waals surface area (Å²) in [7, 11) is 0. The standard InChI is InChI=1S/C6H10O2/c7-5-3-1-2-4-6(5)8/h7-8H,1-4H2. The van der Waals surface area contributed by atoms with Crippen LogP contribution < -0.4 is 0 Å². The molecule has 0 fully saturated rings. The molecule has 0 spiro atoms. The summed E-state index contributed by atoms with van der Waals surface area (Å²) in [6.45, 7) is 0. The number of rotatable bonds is 0. The van der Waals surface area contributed by atoms with Crippen molar-refractivity contribution in [2.24, 2.45) is 0 Å². The van der Waals surface area contributed by atoms with Crippen molar-refractivity contribution < 1.29 is 10.2 Å². The van der Waals surface area contributed by atoms with E-state index >= 15 is 0 Å². The van der Waals surface area contributed by atoms with Crippen molar-refractivity contribution >= 4 is 0 Å². The molecule has 2 nitrogen and oxygen atoms in total. The van der Waals surface area contributed by atoms with Gasteiger partial charge < -0.3 is 10.2 Å². The molecule has 0 saturated heterocycles. The van der Waals surface area contributed by atoms with Gasteiger partial charge in [-0.1, -0.05) is 0 Å². The number of aliphatic hydroxyl groups excluding tert-OH is 2. The van der Waals surface area contributed by atoms with Crippen molar-refractivity contribution in [1.82, 2.24) is 0 Å². The molecular weight excluding hydrogens is 104 g/mol. The molecule has 2 heteroatoms. The molecule has 0 unspecified atom stereocenters. The lowest BCUT2D eigenvalue weighted by Gasteiger charge is -2.09. The van der Waals surface area contributed by atoms with Gasteiger partial charge in [-0.15, -0.1) is 0 Å². The summed E-state index contributed by atoms with van der Waals surface area (Å²) in [6, 6.07) is 0. The van der Waals surface area contributed by atoms with E-state index in [1.807, 2.05) is 0 Å². The van der Waals surface area contributed by atoms with Crippen LogP contribution in [0.5, 0.6) is 0 Å². The Morgan fingerprint density at radius 2 is 1.25 bits per heavy atom. The number of aliphatic hydroxyl groups is 2. The van der Waals surface area contributed by atoms with E-state index in [4.69, 9.17) is 10.2 Å². The van der Waals surface area contributed by atoms with E-state index in [9.17, 15) is 0 Å². The highest BCUT2D eigenvalue weighted by Crippen LogP contribution is 2.19. The molecule has 0 saturated carbocycles. The normalized spacial score (nSPS) is 21.5. The van der Waals surface area contributed by atoms with Crippen molar-refractivity contribution in [3.63, 3.8) is 0 Å². The Hall–Kier alpha value is -0.660. The van der Waals surface area contributed by atoms with Gasteiger partial charge in [-0.3, -0.25) is 0 Å². The predicted octanol–water partition coefficient (Wildman–Crippen LogP) is 1.89. The van der Waals surface area contributed by atoms with Gasteiger partial charge in [0.1, 0.15) is 11.5 Å². The second kappa shape index (κ2) is 2.07. The van der Waals surface area contributed by atoms with Crippen LogP contribution in [-0.2, 0) is 0 Å². The third kappa shape index (κ3) is 0.941. The fraction of sp³-hybridized carbons (Fsp3) is 0.667. The van der Waals surface area contributed by atoms with Crippen LogP contribution in [0.1, 0.15) is 25.7 Å². The van der Waals surface area contributed by atoms with Crippen LogP contribution in [0, 0.1) is 0 Å². The van der Waals surface area contributed by atoms with Crippen LogP contribution in [0.15, 0.2) is 11.5 Å². The molecule has 1 aliphatic carbocycles. The summed E-state index contributed by atoms with van der Waals surface area (Å²) < 4.78 is 0. The van der Waals surface area contributed by atoms with Crippen LogP contribution in [0.3, 0.4) is 0 Å². The molecule has 0 aromatic rings. The first-order valence-corrected chi connectivity index (χ1v) is 2.90. The lowest BCUT2D eigenvalue weighted by molar-refractivity contribution is 0.276. The lowest BCUT2D eigenvalue weighted by atomic mass is 10.1. The maximum atomic E-state index is 8.81. The van der Waals surface area contributed by atoms with Gasteiger partial charge in [0.15, 0.2) is 0 Å². The molecule has 0 heterocycles. The first-order chi connectivity index (χ1) is 3.80. The summed E-state index contributed by atoms with van der Waals surface area (Å²) in [6.07, 6.45) is 3.34. The second-order valence-corrected chi connectivity index (χ2v) is 2.10. The van der Waals surface area contributed by atoms with Crippen LogP contribution in [0.4, 0.5) is 0 Å². The molecule has 0 radical (unpaired) electrons. The van der Waals surface area contributed by atoms with Crippen LogP contribution in [-0.4, -0.2) is 10.2 Å². The minimum atomic E-state index is 0.191. The lowest BCUT2D eigenvalue weighted by Crippen LogP contribution is -1.97. The summed E-state index contributed by atoms with van der Waals surface area (Å²) in [5.74, 6) is 0.382. The average molecular weight is 114 g/mol. The van der Waals surface area contributed by atoms with E-state index in [2.05, 4.69) is 0 Å². The molecule has 1 aliphatic rings. The van der Waals surface area contributed by atoms with Gasteiger partial charge in [0, 0.05) is 12.8 Å². The van der Waals surface area contributed by atoms with Crippen molar-refractivity contribution in [1.29, 1.82) is 0 Å². The van der Waals surface area contributed by atoms with Gasteiger partial charge in [-0.25, -0.2) is 0 Å². The molecule has 2 N–H and O–H groups in total. The van der Waals surface area contributed by atoms with Crippen molar-refractivity contribution in [3.05, 3.63) is 11.5 Å². The highest BCUT2D eigenvalue weighted by Gasteiger charge is 2.08. The smallest absolute Gasteiger partial charge is 0.129 e. The Balaban J connectivity index is 2.60. The third-order valence-corrected chi connectivity index (χ3v) is 1.41. The minimum Gasteiger partial charge on any atom is -0.509 e. The van der Waals surface area contributed by atoms with Gasteiger partial charge in [0.05, 0.1) is 0 Å². The topological polar surface area (TPSA) is 40.5 Å². The summed E-state index contributed by atoms with van der Waals surface area (Å²) in [5.41, 5.74) is 0. The average Bonchev–Trinajstić information content (AvgIpc) is 1.77.